The SMILES string of the molecule is CS(=O)(=O)CC(=O)N1CCCC(C#N)C1. The standard InChI is InChI=1S/C9H14N2O3S/c1-15(13,14)7-9(12)11-4-2-3-8(5-10)6-11/h8H,2-4,6-7H2,1H3. The molecule has 1 aliphatic rings. The van der Waals surface area contributed by atoms with E-state index >= 15 is 0 Å². The van der Waals surface area contributed by atoms with E-state index in [1.54, 1.807) is 0 Å². The van der Waals surface area contributed by atoms with Crippen LogP contribution in [0.3, 0.4) is 0 Å². The van der Waals surface area contributed by atoms with Gasteiger partial charge in [-0.15, -0.1) is 0 Å². The summed E-state index contributed by atoms with van der Waals surface area (Å²) in [5.74, 6) is -0.995. The number of hydrogen-bond acceptors (Lipinski definition) is 4. The summed E-state index contributed by atoms with van der Waals surface area (Å²) in [4.78, 5) is 13.0. The molecule has 1 fully saturated rings. The van der Waals surface area contributed by atoms with E-state index in [4.69, 9.17) is 5.26 Å². The van der Waals surface area contributed by atoms with Crippen LogP contribution in [0.25, 0.3) is 0 Å². The molecular weight excluding hydrogens is 216 g/mol. The van der Waals surface area contributed by atoms with Crippen molar-refractivity contribution >= 4 is 15.7 Å². The summed E-state index contributed by atoms with van der Waals surface area (Å²) < 4.78 is 21.8. The number of likely N-dealkylation sites (tertiary alicyclic amines) is 1. The first kappa shape index (κ1) is 12.0. The predicted octanol–water partition coefficient (Wildman–Crippen LogP) is -0.207. The number of nitriles is 1. The van der Waals surface area contributed by atoms with Crippen LogP contribution in [-0.4, -0.2) is 44.3 Å². The van der Waals surface area contributed by atoms with Crippen molar-refractivity contribution in [1.29, 1.82) is 5.26 Å². The van der Waals surface area contributed by atoms with E-state index in [1.807, 2.05) is 0 Å². The van der Waals surface area contributed by atoms with Crippen LogP contribution in [-0.2, 0) is 14.6 Å². The number of sulfone groups is 1. The van der Waals surface area contributed by atoms with Crippen LogP contribution in [0.2, 0.25) is 0 Å². The molecule has 0 aromatic rings. The van der Waals surface area contributed by atoms with Gasteiger partial charge in [-0.2, -0.15) is 5.26 Å². The van der Waals surface area contributed by atoms with Crippen LogP contribution in [0.4, 0.5) is 0 Å². The largest absolute Gasteiger partial charge is 0.341 e. The molecule has 5 nitrogen and oxygen atoms in total. The molecule has 1 atom stereocenters. The maximum Gasteiger partial charge on any atom is 0.237 e. The Morgan fingerprint density at radius 1 is 1.60 bits per heavy atom. The third-order valence-corrected chi connectivity index (χ3v) is 3.11. The van der Waals surface area contributed by atoms with Crippen LogP contribution in [0.5, 0.6) is 0 Å². The summed E-state index contributed by atoms with van der Waals surface area (Å²) in [7, 11) is -3.27. The van der Waals surface area contributed by atoms with Crippen molar-refractivity contribution in [2.24, 2.45) is 5.92 Å². The minimum Gasteiger partial charge on any atom is -0.341 e. The number of piperidine rings is 1. The molecule has 1 heterocycles. The molecule has 0 bridgehead atoms. The molecule has 1 aliphatic heterocycles. The second-order valence-corrected chi connectivity index (χ2v) is 6.02. The average Bonchev–Trinajstić information content (AvgIpc) is 2.15. The van der Waals surface area contributed by atoms with Gasteiger partial charge in [-0.3, -0.25) is 4.79 Å². The maximum atomic E-state index is 11.5. The summed E-state index contributed by atoms with van der Waals surface area (Å²) in [6.07, 6.45) is 2.60. The van der Waals surface area contributed by atoms with Crippen molar-refractivity contribution < 1.29 is 13.2 Å². The number of nitrogens with zero attached hydrogens (tertiary/aromatic N) is 2. The number of hydrogen-bond donors (Lipinski definition) is 0. The van der Waals surface area contributed by atoms with Crippen LogP contribution in [0, 0.1) is 17.2 Å². The Balaban J connectivity index is 2.57. The molecule has 15 heavy (non-hydrogen) atoms. The smallest absolute Gasteiger partial charge is 0.237 e. The fourth-order valence-electron chi connectivity index (χ4n) is 1.62. The van der Waals surface area contributed by atoms with Crippen LogP contribution in [0.1, 0.15) is 12.8 Å². The zero-order chi connectivity index (χ0) is 11.5. The molecule has 0 aliphatic carbocycles. The zero-order valence-corrected chi connectivity index (χ0v) is 9.46. The van der Waals surface area contributed by atoms with Crippen LogP contribution >= 0.6 is 0 Å². The molecule has 1 rings (SSSR count). The van der Waals surface area contributed by atoms with Gasteiger partial charge in [0.05, 0.1) is 12.0 Å². The minimum absolute atomic E-state index is 0.151. The van der Waals surface area contributed by atoms with Gasteiger partial charge in [0.15, 0.2) is 9.84 Å². The van der Waals surface area contributed by atoms with E-state index in [0.717, 1.165) is 19.1 Å². The van der Waals surface area contributed by atoms with Gasteiger partial charge in [0.2, 0.25) is 5.91 Å². The van der Waals surface area contributed by atoms with Gasteiger partial charge in [0.25, 0.3) is 0 Å². The number of carbonyl (C=O) groups excluding carboxylic acids is 1. The molecule has 0 aromatic carbocycles. The van der Waals surface area contributed by atoms with Crippen molar-refractivity contribution in [3.8, 4) is 6.07 Å². The lowest BCUT2D eigenvalue weighted by atomic mass is 10.00. The van der Waals surface area contributed by atoms with Crippen LogP contribution in [0.15, 0.2) is 0 Å². The quantitative estimate of drug-likeness (QED) is 0.657. The lowest BCUT2D eigenvalue weighted by molar-refractivity contribution is -0.129. The summed E-state index contributed by atoms with van der Waals surface area (Å²) in [6, 6.07) is 2.11. The molecule has 0 N–H and O–H groups in total. The van der Waals surface area contributed by atoms with E-state index in [-0.39, 0.29) is 5.92 Å². The van der Waals surface area contributed by atoms with Crippen molar-refractivity contribution in [2.75, 3.05) is 25.1 Å². The molecule has 0 saturated carbocycles. The average molecular weight is 230 g/mol. The maximum absolute atomic E-state index is 11.5. The molecular formula is C9H14N2O3S. The van der Waals surface area contributed by atoms with Crippen molar-refractivity contribution in [3.63, 3.8) is 0 Å². The van der Waals surface area contributed by atoms with Crippen molar-refractivity contribution in [2.45, 2.75) is 12.8 Å². The Bertz CT molecular complexity index is 383. The second kappa shape index (κ2) is 4.62. The monoisotopic (exact) mass is 230 g/mol. The first-order valence-corrected chi connectivity index (χ1v) is 6.83. The first-order chi connectivity index (χ1) is 6.92. The third-order valence-electron chi connectivity index (χ3n) is 2.34. The molecule has 0 aromatic heterocycles. The van der Waals surface area contributed by atoms with Gasteiger partial charge in [-0.25, -0.2) is 8.42 Å². The van der Waals surface area contributed by atoms with E-state index in [1.165, 1.54) is 4.90 Å². The van der Waals surface area contributed by atoms with E-state index in [9.17, 15) is 13.2 Å². The lowest BCUT2D eigenvalue weighted by Gasteiger charge is -2.29. The van der Waals surface area contributed by atoms with Gasteiger partial charge < -0.3 is 4.90 Å². The number of amides is 1. The van der Waals surface area contributed by atoms with Gasteiger partial charge in [0, 0.05) is 19.3 Å². The van der Waals surface area contributed by atoms with Crippen LogP contribution < -0.4 is 0 Å². The molecule has 1 saturated heterocycles. The topological polar surface area (TPSA) is 78.2 Å². The van der Waals surface area contributed by atoms with E-state index < -0.39 is 21.5 Å². The summed E-state index contributed by atoms with van der Waals surface area (Å²) in [6.45, 7) is 0.928. The molecule has 0 radical (unpaired) electrons. The third kappa shape index (κ3) is 3.88. The highest BCUT2D eigenvalue weighted by Gasteiger charge is 2.25. The fourth-order valence-corrected chi connectivity index (χ4v) is 2.26. The fraction of sp³-hybridized carbons (Fsp3) is 0.778. The van der Waals surface area contributed by atoms with E-state index in [2.05, 4.69) is 6.07 Å². The highest BCUT2D eigenvalue weighted by molar-refractivity contribution is 7.91. The summed E-state index contributed by atoms with van der Waals surface area (Å²) in [5.41, 5.74) is 0. The molecule has 1 unspecified atom stereocenters. The molecule has 6 heteroatoms. The first-order valence-electron chi connectivity index (χ1n) is 4.77. The number of rotatable bonds is 2. The normalized spacial score (nSPS) is 22.1. The van der Waals surface area contributed by atoms with Crippen molar-refractivity contribution in [3.05, 3.63) is 0 Å². The predicted molar refractivity (Wildman–Crippen MR) is 54.6 cm³/mol. The highest BCUT2D eigenvalue weighted by atomic mass is 32.2. The Morgan fingerprint density at radius 3 is 2.80 bits per heavy atom. The Hall–Kier alpha value is -1.09. The zero-order valence-electron chi connectivity index (χ0n) is 8.64. The Kier molecular flexibility index (Phi) is 3.69. The molecule has 0 spiro atoms. The lowest BCUT2D eigenvalue weighted by Crippen LogP contribution is -2.42. The Morgan fingerprint density at radius 2 is 2.27 bits per heavy atom. The van der Waals surface area contributed by atoms with Crippen molar-refractivity contribution in [1.82, 2.24) is 4.90 Å². The number of carbonyl (C=O) groups is 1. The van der Waals surface area contributed by atoms with Gasteiger partial charge in [0.1, 0.15) is 5.75 Å². The molecule has 1 amide bonds. The second-order valence-electron chi connectivity index (χ2n) is 3.88. The summed E-state index contributed by atoms with van der Waals surface area (Å²) in [5, 5.41) is 8.72. The summed E-state index contributed by atoms with van der Waals surface area (Å²) >= 11 is 0. The Labute approximate surface area is 89.6 Å². The van der Waals surface area contributed by atoms with Gasteiger partial charge in [-0.1, -0.05) is 0 Å². The highest BCUT2D eigenvalue weighted by Crippen LogP contribution is 2.15. The van der Waals surface area contributed by atoms with E-state index in [0.29, 0.717) is 13.1 Å². The molecule has 84 valence electrons. The van der Waals surface area contributed by atoms with Gasteiger partial charge in [-0.05, 0) is 12.8 Å². The van der Waals surface area contributed by atoms with Gasteiger partial charge >= 0.3 is 0 Å². The minimum atomic E-state index is -3.27.